The van der Waals surface area contributed by atoms with Gasteiger partial charge in [-0.3, -0.25) is 0 Å². The topological polar surface area (TPSA) is 20.2 Å². The van der Waals surface area contributed by atoms with E-state index in [0.29, 0.717) is 5.92 Å². The van der Waals surface area contributed by atoms with E-state index in [9.17, 15) is 5.11 Å². The maximum absolute atomic E-state index is 10.1. The molecule has 2 heteroatoms. The highest BCUT2D eigenvalue weighted by molar-refractivity contribution is 6.31. The fraction of sp³-hybridized carbons (Fsp3) is 0.571. The van der Waals surface area contributed by atoms with Crippen LogP contribution in [0, 0.1) is 12.8 Å². The first-order valence-electron chi connectivity index (χ1n) is 6.02. The van der Waals surface area contributed by atoms with Crippen molar-refractivity contribution in [3.8, 4) is 0 Å². The number of halogens is 1. The molecule has 0 spiro atoms. The third kappa shape index (κ3) is 3.50. The van der Waals surface area contributed by atoms with E-state index >= 15 is 0 Å². The lowest BCUT2D eigenvalue weighted by atomic mass is 9.92. The quantitative estimate of drug-likeness (QED) is 0.803. The molecule has 0 bridgehead atoms. The van der Waals surface area contributed by atoms with Crippen LogP contribution in [0.3, 0.4) is 0 Å². The van der Waals surface area contributed by atoms with Gasteiger partial charge in [0.2, 0.25) is 0 Å². The zero-order valence-corrected chi connectivity index (χ0v) is 11.1. The highest BCUT2D eigenvalue weighted by atomic mass is 35.5. The molecular weight excluding hydrogens is 220 g/mol. The summed E-state index contributed by atoms with van der Waals surface area (Å²) < 4.78 is 0. The molecule has 0 aliphatic rings. The van der Waals surface area contributed by atoms with Crippen LogP contribution in [-0.4, -0.2) is 5.11 Å². The summed E-state index contributed by atoms with van der Waals surface area (Å²) in [6, 6.07) is 5.76. The molecule has 1 N–H and O–H groups in total. The standard InChI is InChI=1S/C14H21ClO/c1-4-11(5-2)9-14(16)12-6-7-13(15)10(3)8-12/h6-8,11,14,16H,4-5,9H2,1-3H3. The van der Waals surface area contributed by atoms with Crippen LogP contribution in [0.2, 0.25) is 5.02 Å². The molecule has 1 aromatic rings. The van der Waals surface area contributed by atoms with Crippen molar-refractivity contribution >= 4 is 11.6 Å². The molecule has 16 heavy (non-hydrogen) atoms. The van der Waals surface area contributed by atoms with Gasteiger partial charge in [0.15, 0.2) is 0 Å². The number of hydrogen-bond donors (Lipinski definition) is 1. The van der Waals surface area contributed by atoms with Crippen LogP contribution in [0.4, 0.5) is 0 Å². The Kier molecular flexibility index (Phi) is 5.30. The normalized spacial score (nSPS) is 13.1. The van der Waals surface area contributed by atoms with Gasteiger partial charge in [0.25, 0.3) is 0 Å². The highest BCUT2D eigenvalue weighted by Crippen LogP contribution is 2.27. The van der Waals surface area contributed by atoms with Crippen LogP contribution < -0.4 is 0 Å². The summed E-state index contributed by atoms with van der Waals surface area (Å²) in [7, 11) is 0. The van der Waals surface area contributed by atoms with Crippen molar-refractivity contribution in [2.45, 2.75) is 46.1 Å². The Morgan fingerprint density at radius 3 is 2.38 bits per heavy atom. The molecule has 90 valence electrons. The Hall–Kier alpha value is -0.530. The molecule has 0 heterocycles. The lowest BCUT2D eigenvalue weighted by Crippen LogP contribution is -2.06. The van der Waals surface area contributed by atoms with E-state index in [1.54, 1.807) is 0 Å². The summed E-state index contributed by atoms with van der Waals surface area (Å²) in [5.74, 6) is 0.603. The summed E-state index contributed by atoms with van der Waals surface area (Å²) in [5.41, 5.74) is 2.01. The summed E-state index contributed by atoms with van der Waals surface area (Å²) in [6.45, 7) is 6.32. The number of aliphatic hydroxyl groups excluding tert-OH is 1. The molecule has 0 fully saturated rings. The van der Waals surface area contributed by atoms with Gasteiger partial charge in [0.1, 0.15) is 0 Å². The van der Waals surface area contributed by atoms with Crippen LogP contribution in [0.15, 0.2) is 18.2 Å². The van der Waals surface area contributed by atoms with Crippen LogP contribution in [-0.2, 0) is 0 Å². The van der Waals surface area contributed by atoms with E-state index in [4.69, 9.17) is 11.6 Å². The minimum atomic E-state index is -0.360. The second-order valence-corrected chi connectivity index (χ2v) is 4.85. The zero-order valence-electron chi connectivity index (χ0n) is 10.3. The summed E-state index contributed by atoms with van der Waals surface area (Å²) in [6.07, 6.45) is 2.73. The summed E-state index contributed by atoms with van der Waals surface area (Å²) in [5, 5.41) is 10.9. The monoisotopic (exact) mass is 240 g/mol. The Bertz CT molecular complexity index is 332. The maximum atomic E-state index is 10.1. The van der Waals surface area contributed by atoms with Crippen molar-refractivity contribution in [2.24, 2.45) is 5.92 Å². The van der Waals surface area contributed by atoms with Crippen molar-refractivity contribution in [3.05, 3.63) is 34.3 Å². The highest BCUT2D eigenvalue weighted by Gasteiger charge is 2.13. The van der Waals surface area contributed by atoms with Gasteiger partial charge in [-0.1, -0.05) is 50.4 Å². The molecule has 1 aromatic carbocycles. The minimum absolute atomic E-state index is 0.360. The van der Waals surface area contributed by atoms with E-state index in [0.717, 1.165) is 35.4 Å². The van der Waals surface area contributed by atoms with Gasteiger partial charge in [0.05, 0.1) is 6.10 Å². The molecular formula is C14H21ClO. The first kappa shape index (κ1) is 13.5. The third-order valence-corrected chi connectivity index (χ3v) is 3.70. The average molecular weight is 241 g/mol. The van der Waals surface area contributed by atoms with E-state index in [1.807, 2.05) is 25.1 Å². The predicted molar refractivity (Wildman–Crippen MR) is 69.8 cm³/mol. The zero-order chi connectivity index (χ0) is 12.1. The summed E-state index contributed by atoms with van der Waals surface area (Å²) in [4.78, 5) is 0. The van der Waals surface area contributed by atoms with Crippen molar-refractivity contribution in [2.75, 3.05) is 0 Å². The molecule has 0 saturated carbocycles. The van der Waals surface area contributed by atoms with Crippen molar-refractivity contribution in [3.63, 3.8) is 0 Å². The molecule has 1 rings (SSSR count). The van der Waals surface area contributed by atoms with Gasteiger partial charge in [0, 0.05) is 5.02 Å². The van der Waals surface area contributed by atoms with E-state index < -0.39 is 0 Å². The molecule has 1 nitrogen and oxygen atoms in total. The van der Waals surface area contributed by atoms with E-state index in [-0.39, 0.29) is 6.10 Å². The SMILES string of the molecule is CCC(CC)CC(O)c1ccc(Cl)c(C)c1. The Morgan fingerprint density at radius 1 is 1.25 bits per heavy atom. The van der Waals surface area contributed by atoms with Crippen molar-refractivity contribution < 1.29 is 5.11 Å². The van der Waals surface area contributed by atoms with Crippen LogP contribution >= 0.6 is 11.6 Å². The van der Waals surface area contributed by atoms with Crippen molar-refractivity contribution in [1.82, 2.24) is 0 Å². The number of benzene rings is 1. The largest absolute Gasteiger partial charge is 0.388 e. The third-order valence-electron chi connectivity index (χ3n) is 3.28. The fourth-order valence-corrected chi connectivity index (χ4v) is 2.07. The Balaban J connectivity index is 2.72. The molecule has 0 radical (unpaired) electrons. The van der Waals surface area contributed by atoms with Crippen LogP contribution in [0.5, 0.6) is 0 Å². The van der Waals surface area contributed by atoms with Gasteiger partial charge in [-0.15, -0.1) is 0 Å². The molecule has 0 aliphatic heterocycles. The van der Waals surface area contributed by atoms with Gasteiger partial charge >= 0.3 is 0 Å². The van der Waals surface area contributed by atoms with Gasteiger partial charge in [-0.25, -0.2) is 0 Å². The van der Waals surface area contributed by atoms with Crippen LogP contribution in [0.25, 0.3) is 0 Å². The fourth-order valence-electron chi connectivity index (χ4n) is 1.95. The van der Waals surface area contributed by atoms with Gasteiger partial charge in [-0.05, 0) is 36.5 Å². The number of aliphatic hydroxyl groups is 1. The Morgan fingerprint density at radius 2 is 1.88 bits per heavy atom. The minimum Gasteiger partial charge on any atom is -0.388 e. The summed E-state index contributed by atoms with van der Waals surface area (Å²) >= 11 is 5.96. The smallest absolute Gasteiger partial charge is 0.0792 e. The predicted octanol–water partition coefficient (Wildman–Crippen LogP) is 4.51. The van der Waals surface area contributed by atoms with Gasteiger partial charge in [-0.2, -0.15) is 0 Å². The number of aryl methyl sites for hydroxylation is 1. The Labute approximate surface area is 103 Å². The van der Waals surface area contributed by atoms with Gasteiger partial charge < -0.3 is 5.11 Å². The molecule has 0 amide bonds. The molecule has 0 saturated heterocycles. The first-order chi connectivity index (χ1) is 7.58. The average Bonchev–Trinajstić information content (AvgIpc) is 2.29. The molecule has 1 atom stereocenters. The van der Waals surface area contributed by atoms with Crippen LogP contribution in [0.1, 0.15) is 50.3 Å². The lowest BCUT2D eigenvalue weighted by molar-refractivity contribution is 0.141. The van der Waals surface area contributed by atoms with E-state index in [1.165, 1.54) is 0 Å². The molecule has 1 unspecified atom stereocenters. The number of rotatable bonds is 5. The maximum Gasteiger partial charge on any atom is 0.0792 e. The lowest BCUT2D eigenvalue weighted by Gasteiger charge is -2.18. The number of hydrogen-bond acceptors (Lipinski definition) is 1. The second-order valence-electron chi connectivity index (χ2n) is 4.44. The molecule has 0 aromatic heterocycles. The van der Waals surface area contributed by atoms with Crippen molar-refractivity contribution in [1.29, 1.82) is 0 Å². The first-order valence-corrected chi connectivity index (χ1v) is 6.40. The van der Waals surface area contributed by atoms with E-state index in [2.05, 4.69) is 13.8 Å². The molecule has 0 aliphatic carbocycles. The second kappa shape index (κ2) is 6.27.